The first-order valence-corrected chi connectivity index (χ1v) is 5.29. The van der Waals surface area contributed by atoms with Crippen LogP contribution in [0.4, 0.5) is 0 Å². The van der Waals surface area contributed by atoms with Crippen LogP contribution in [0.2, 0.25) is 5.02 Å². The molecule has 3 nitrogen and oxygen atoms in total. The van der Waals surface area contributed by atoms with Gasteiger partial charge in [0.15, 0.2) is 0 Å². The Morgan fingerprint density at radius 3 is 3.20 bits per heavy atom. The topological polar surface area (TPSA) is 30.2 Å². The van der Waals surface area contributed by atoms with Crippen molar-refractivity contribution in [3.05, 3.63) is 28.5 Å². The lowest BCUT2D eigenvalue weighted by Gasteiger charge is -2.09. The van der Waals surface area contributed by atoms with Gasteiger partial charge >= 0.3 is 0 Å². The minimum absolute atomic E-state index is 0.724. The Kier molecular flexibility index (Phi) is 1.83. The van der Waals surface area contributed by atoms with E-state index in [-0.39, 0.29) is 0 Å². The zero-order chi connectivity index (χ0) is 10.4. The van der Waals surface area contributed by atoms with Gasteiger partial charge < -0.3 is 4.57 Å². The van der Waals surface area contributed by atoms with E-state index in [1.54, 1.807) is 6.20 Å². The van der Waals surface area contributed by atoms with Crippen molar-refractivity contribution >= 4 is 28.8 Å². The number of hydrogen-bond acceptors (Lipinski definition) is 2. The third kappa shape index (κ3) is 1.20. The second kappa shape index (κ2) is 3.07. The Balaban J connectivity index is 2.42. The molecule has 3 heterocycles. The fourth-order valence-corrected chi connectivity index (χ4v) is 2.12. The molecule has 0 radical (unpaired) electrons. The highest BCUT2D eigenvalue weighted by molar-refractivity contribution is 6.32. The summed E-state index contributed by atoms with van der Waals surface area (Å²) >= 11 is 6.05. The Hall–Kier alpha value is -1.35. The number of aryl methyl sites for hydroxylation is 1. The van der Waals surface area contributed by atoms with Crippen LogP contribution in [-0.2, 0) is 6.54 Å². The SMILES string of the molecule is Cc1c(Cl)cnc2c1cc1n2CCN=C1. The average Bonchev–Trinajstić information content (AvgIpc) is 2.63. The number of fused-ring (bicyclic) bond motifs is 3. The normalized spacial score (nSPS) is 14.5. The van der Waals surface area contributed by atoms with Gasteiger partial charge in [-0.15, -0.1) is 0 Å². The summed E-state index contributed by atoms with van der Waals surface area (Å²) < 4.78 is 2.19. The van der Waals surface area contributed by atoms with Crippen molar-refractivity contribution in [2.75, 3.05) is 6.54 Å². The zero-order valence-corrected chi connectivity index (χ0v) is 9.12. The number of pyridine rings is 1. The molecule has 15 heavy (non-hydrogen) atoms. The first kappa shape index (κ1) is 8.92. The predicted octanol–water partition coefficient (Wildman–Crippen LogP) is 2.43. The smallest absolute Gasteiger partial charge is 0.140 e. The molecule has 2 aromatic heterocycles. The minimum atomic E-state index is 0.724. The van der Waals surface area contributed by atoms with Crippen molar-refractivity contribution in [3.63, 3.8) is 0 Å². The molecule has 1 aliphatic heterocycles. The predicted molar refractivity (Wildman–Crippen MR) is 61.9 cm³/mol. The number of aliphatic imine (C=N–C) groups is 1. The Morgan fingerprint density at radius 2 is 2.33 bits per heavy atom. The van der Waals surface area contributed by atoms with E-state index in [1.807, 2.05) is 13.1 Å². The first-order chi connectivity index (χ1) is 7.27. The largest absolute Gasteiger partial charge is 0.323 e. The number of aromatic nitrogens is 2. The fourth-order valence-electron chi connectivity index (χ4n) is 1.97. The molecule has 0 aliphatic carbocycles. The van der Waals surface area contributed by atoms with Gasteiger partial charge in [-0.3, -0.25) is 4.99 Å². The quantitative estimate of drug-likeness (QED) is 0.669. The molecule has 2 aromatic rings. The summed E-state index contributed by atoms with van der Waals surface area (Å²) in [6, 6.07) is 2.10. The molecule has 3 rings (SSSR count). The summed E-state index contributed by atoms with van der Waals surface area (Å²) in [6.07, 6.45) is 3.62. The maximum Gasteiger partial charge on any atom is 0.140 e. The van der Waals surface area contributed by atoms with Gasteiger partial charge in [0, 0.05) is 24.3 Å². The molecule has 76 valence electrons. The van der Waals surface area contributed by atoms with Crippen LogP contribution in [0.25, 0.3) is 11.0 Å². The van der Waals surface area contributed by atoms with Crippen LogP contribution in [-0.4, -0.2) is 22.3 Å². The van der Waals surface area contributed by atoms with Gasteiger partial charge in [-0.25, -0.2) is 4.98 Å². The lowest BCUT2D eigenvalue weighted by atomic mass is 10.2. The van der Waals surface area contributed by atoms with Crippen molar-refractivity contribution < 1.29 is 0 Å². The first-order valence-electron chi connectivity index (χ1n) is 4.91. The number of halogens is 1. The summed E-state index contributed by atoms with van der Waals surface area (Å²) in [7, 11) is 0. The molecule has 0 saturated heterocycles. The molecule has 0 spiro atoms. The molecule has 0 N–H and O–H groups in total. The maximum atomic E-state index is 6.05. The molecule has 0 bridgehead atoms. The van der Waals surface area contributed by atoms with Gasteiger partial charge in [0.05, 0.1) is 17.3 Å². The summed E-state index contributed by atoms with van der Waals surface area (Å²) in [5, 5.41) is 1.85. The van der Waals surface area contributed by atoms with Gasteiger partial charge in [-0.2, -0.15) is 0 Å². The van der Waals surface area contributed by atoms with Gasteiger partial charge in [0.2, 0.25) is 0 Å². The molecule has 0 atom stereocenters. The Bertz CT molecular complexity index is 569. The molecule has 1 aliphatic rings. The molecule has 4 heteroatoms. The van der Waals surface area contributed by atoms with Crippen LogP contribution >= 0.6 is 11.6 Å². The monoisotopic (exact) mass is 219 g/mol. The Morgan fingerprint density at radius 1 is 1.47 bits per heavy atom. The highest BCUT2D eigenvalue weighted by Gasteiger charge is 2.13. The maximum absolute atomic E-state index is 6.05. The van der Waals surface area contributed by atoms with Crippen LogP contribution in [0.3, 0.4) is 0 Å². The highest BCUT2D eigenvalue weighted by atomic mass is 35.5. The summed E-state index contributed by atoms with van der Waals surface area (Å²) in [5.74, 6) is 0. The molecule has 0 fully saturated rings. The van der Waals surface area contributed by atoms with Crippen molar-refractivity contribution in [3.8, 4) is 0 Å². The van der Waals surface area contributed by atoms with Crippen LogP contribution in [0, 0.1) is 6.92 Å². The van der Waals surface area contributed by atoms with Crippen LogP contribution < -0.4 is 0 Å². The van der Waals surface area contributed by atoms with E-state index in [0.29, 0.717) is 0 Å². The second-order valence-electron chi connectivity index (χ2n) is 3.72. The molecule has 0 aromatic carbocycles. The van der Waals surface area contributed by atoms with Crippen molar-refractivity contribution in [1.29, 1.82) is 0 Å². The van der Waals surface area contributed by atoms with Crippen LogP contribution in [0.15, 0.2) is 17.3 Å². The molecule has 0 amide bonds. The van der Waals surface area contributed by atoms with Gasteiger partial charge in [0.25, 0.3) is 0 Å². The van der Waals surface area contributed by atoms with E-state index in [0.717, 1.165) is 40.4 Å². The summed E-state index contributed by atoms with van der Waals surface area (Å²) in [4.78, 5) is 8.64. The third-order valence-corrected chi connectivity index (χ3v) is 3.22. The standard InChI is InChI=1S/C11H10ClN3/c1-7-9-4-8-5-13-2-3-15(8)11(9)14-6-10(7)12/h4-6H,2-3H2,1H3. The van der Waals surface area contributed by atoms with E-state index in [9.17, 15) is 0 Å². The van der Waals surface area contributed by atoms with Gasteiger partial charge in [0.1, 0.15) is 5.65 Å². The van der Waals surface area contributed by atoms with Gasteiger partial charge in [-0.05, 0) is 18.6 Å². The zero-order valence-electron chi connectivity index (χ0n) is 8.37. The molecular formula is C11H10ClN3. The lowest BCUT2D eigenvalue weighted by molar-refractivity contribution is 0.710. The van der Waals surface area contributed by atoms with Crippen molar-refractivity contribution in [2.45, 2.75) is 13.5 Å². The van der Waals surface area contributed by atoms with Crippen LogP contribution in [0.5, 0.6) is 0 Å². The van der Waals surface area contributed by atoms with E-state index >= 15 is 0 Å². The Labute approximate surface area is 92.4 Å². The van der Waals surface area contributed by atoms with Crippen molar-refractivity contribution in [2.24, 2.45) is 4.99 Å². The van der Waals surface area contributed by atoms with Gasteiger partial charge in [-0.1, -0.05) is 11.6 Å². The number of hydrogen-bond donors (Lipinski definition) is 0. The molecule has 0 unspecified atom stereocenters. The highest BCUT2D eigenvalue weighted by Crippen LogP contribution is 2.26. The summed E-state index contributed by atoms with van der Waals surface area (Å²) in [5.41, 5.74) is 3.23. The average molecular weight is 220 g/mol. The molecular weight excluding hydrogens is 210 g/mol. The lowest BCUT2D eigenvalue weighted by Crippen LogP contribution is -2.10. The minimum Gasteiger partial charge on any atom is -0.323 e. The molecule has 0 saturated carbocycles. The van der Waals surface area contributed by atoms with Crippen molar-refractivity contribution in [1.82, 2.24) is 9.55 Å². The summed E-state index contributed by atoms with van der Waals surface area (Å²) in [6.45, 7) is 3.76. The fraction of sp³-hybridized carbons (Fsp3) is 0.273. The van der Waals surface area contributed by atoms with E-state index in [4.69, 9.17) is 11.6 Å². The third-order valence-electron chi connectivity index (χ3n) is 2.84. The number of rotatable bonds is 0. The second-order valence-corrected chi connectivity index (χ2v) is 4.13. The van der Waals surface area contributed by atoms with E-state index in [2.05, 4.69) is 20.6 Å². The van der Waals surface area contributed by atoms with E-state index in [1.165, 1.54) is 0 Å². The van der Waals surface area contributed by atoms with Crippen LogP contribution in [0.1, 0.15) is 11.3 Å². The van der Waals surface area contributed by atoms with E-state index < -0.39 is 0 Å². The number of nitrogens with zero attached hydrogens (tertiary/aromatic N) is 3.